The van der Waals surface area contributed by atoms with Gasteiger partial charge in [0.2, 0.25) is 0 Å². The molecule has 0 atom stereocenters. The summed E-state index contributed by atoms with van der Waals surface area (Å²) < 4.78 is 0. The second-order valence-electron chi connectivity index (χ2n) is 23.1. The van der Waals surface area contributed by atoms with Crippen molar-refractivity contribution in [3.63, 3.8) is 0 Å². The highest BCUT2D eigenvalue weighted by Gasteiger charge is 2.30. The van der Waals surface area contributed by atoms with Crippen LogP contribution in [0.15, 0.2) is 261 Å². The normalized spacial score (nSPS) is 12.2. The molecule has 2 heteroatoms. The van der Waals surface area contributed by atoms with Crippen molar-refractivity contribution >= 4 is 55.7 Å². The second kappa shape index (κ2) is 20.2. The standard InChI is InChI=1S/C75H70N2/c1-53-33-35-57(36-34-53)75(8,9)61-43-51-65(52-44-61)77(64-49-41-60(42-50-64)74(6,7)56-27-17-12-18-28-56)71-68-31-21-19-29-66(68)70(67-30-20-22-32-69(67)71)76(62-45-37-58(38-46-62)72(2,3)54-23-13-10-14-24-54)63-47-39-59(40-48-63)73(4,5)55-25-15-11-16-26-55/h10-52H,1-9H3. The molecule has 0 saturated heterocycles. The minimum Gasteiger partial charge on any atom is -0.309 e. The van der Waals surface area contributed by atoms with Gasteiger partial charge in [0.25, 0.3) is 0 Å². The highest BCUT2D eigenvalue weighted by atomic mass is 15.2. The van der Waals surface area contributed by atoms with Crippen molar-refractivity contribution in [2.45, 2.75) is 84.0 Å². The third kappa shape index (κ3) is 9.42. The van der Waals surface area contributed by atoms with E-state index in [9.17, 15) is 0 Å². The van der Waals surface area contributed by atoms with Gasteiger partial charge in [-0.15, -0.1) is 0 Å². The molecule has 11 aromatic carbocycles. The van der Waals surface area contributed by atoms with Crippen LogP contribution in [-0.4, -0.2) is 0 Å². The van der Waals surface area contributed by atoms with Crippen molar-refractivity contribution in [1.29, 1.82) is 0 Å². The van der Waals surface area contributed by atoms with E-state index in [0.717, 1.165) is 55.7 Å². The summed E-state index contributed by atoms with van der Waals surface area (Å²) >= 11 is 0. The van der Waals surface area contributed by atoms with Gasteiger partial charge in [0.05, 0.1) is 11.4 Å². The molecular weight excluding hydrogens is 929 g/mol. The largest absolute Gasteiger partial charge is 0.309 e. The van der Waals surface area contributed by atoms with Gasteiger partial charge in [-0.25, -0.2) is 0 Å². The van der Waals surface area contributed by atoms with E-state index in [-0.39, 0.29) is 21.7 Å². The van der Waals surface area contributed by atoms with Crippen LogP contribution in [0.1, 0.15) is 105 Å². The minimum absolute atomic E-state index is 0.191. The van der Waals surface area contributed by atoms with Crippen molar-refractivity contribution in [2.24, 2.45) is 0 Å². The molecule has 0 radical (unpaired) electrons. The molecule has 0 aliphatic heterocycles. The Bertz CT molecular complexity index is 3650. The van der Waals surface area contributed by atoms with Crippen molar-refractivity contribution < 1.29 is 0 Å². The fourth-order valence-electron chi connectivity index (χ4n) is 11.7. The van der Waals surface area contributed by atoms with Gasteiger partial charge >= 0.3 is 0 Å². The van der Waals surface area contributed by atoms with E-state index in [1.807, 2.05) is 0 Å². The summed E-state index contributed by atoms with van der Waals surface area (Å²) in [6.45, 7) is 20.8. The van der Waals surface area contributed by atoms with Crippen LogP contribution in [0.4, 0.5) is 34.1 Å². The summed E-state index contributed by atoms with van der Waals surface area (Å²) in [5.74, 6) is 0. The fourth-order valence-corrected chi connectivity index (χ4v) is 11.7. The Hall–Kier alpha value is -8.46. The van der Waals surface area contributed by atoms with E-state index in [1.54, 1.807) is 0 Å². The van der Waals surface area contributed by atoms with Crippen molar-refractivity contribution in [3.8, 4) is 0 Å². The van der Waals surface area contributed by atoms with Gasteiger partial charge in [-0.2, -0.15) is 0 Å². The monoisotopic (exact) mass is 999 g/mol. The molecule has 0 saturated carbocycles. The molecule has 0 aliphatic carbocycles. The maximum atomic E-state index is 2.50. The van der Waals surface area contributed by atoms with Gasteiger partial charge in [-0.05, 0) is 100.0 Å². The number of rotatable bonds is 14. The predicted octanol–water partition coefficient (Wildman–Crippen LogP) is 20.5. The first-order valence-corrected chi connectivity index (χ1v) is 27.3. The van der Waals surface area contributed by atoms with Gasteiger partial charge in [0, 0.05) is 66.0 Å². The number of nitrogens with zero attached hydrogens (tertiary/aromatic N) is 2. The van der Waals surface area contributed by atoms with Gasteiger partial charge in [0.15, 0.2) is 0 Å². The summed E-state index contributed by atoms with van der Waals surface area (Å²) in [6.07, 6.45) is 0. The first-order valence-electron chi connectivity index (χ1n) is 27.3. The van der Waals surface area contributed by atoms with E-state index in [4.69, 9.17) is 0 Å². The van der Waals surface area contributed by atoms with Crippen molar-refractivity contribution in [1.82, 2.24) is 0 Å². The van der Waals surface area contributed by atoms with Crippen LogP contribution in [0, 0.1) is 6.92 Å². The van der Waals surface area contributed by atoms with Gasteiger partial charge in [0.1, 0.15) is 0 Å². The van der Waals surface area contributed by atoms with Gasteiger partial charge in [-0.3, -0.25) is 0 Å². The average Bonchev–Trinajstić information content (AvgIpc) is 3.49. The molecule has 11 aromatic rings. The first-order chi connectivity index (χ1) is 37.1. The summed E-state index contributed by atoms with van der Waals surface area (Å²) in [4.78, 5) is 5.00. The number of aryl methyl sites for hydroxylation is 1. The zero-order valence-electron chi connectivity index (χ0n) is 46.2. The molecule has 77 heavy (non-hydrogen) atoms. The molecule has 11 rings (SSSR count). The molecule has 0 aliphatic rings. The number of anilines is 6. The molecule has 0 amide bonds. The summed E-state index contributed by atoms with van der Waals surface area (Å²) in [5, 5.41) is 4.64. The number of hydrogen-bond acceptors (Lipinski definition) is 2. The molecular formula is C75H70N2. The minimum atomic E-state index is -0.197. The first kappa shape index (κ1) is 50.7. The third-order valence-electron chi connectivity index (χ3n) is 17.0. The van der Waals surface area contributed by atoms with Crippen LogP contribution in [0.25, 0.3) is 21.5 Å². The van der Waals surface area contributed by atoms with Crippen LogP contribution >= 0.6 is 0 Å². The van der Waals surface area contributed by atoms with E-state index in [0.29, 0.717) is 0 Å². The summed E-state index contributed by atoms with van der Waals surface area (Å²) in [7, 11) is 0. The lowest BCUT2D eigenvalue weighted by Gasteiger charge is -2.34. The lowest BCUT2D eigenvalue weighted by Crippen LogP contribution is -2.20. The predicted molar refractivity (Wildman–Crippen MR) is 330 cm³/mol. The third-order valence-corrected chi connectivity index (χ3v) is 17.0. The Morgan fingerprint density at radius 2 is 0.390 bits per heavy atom. The topological polar surface area (TPSA) is 6.48 Å². The van der Waals surface area contributed by atoms with Crippen molar-refractivity contribution in [2.75, 3.05) is 9.80 Å². The zero-order valence-corrected chi connectivity index (χ0v) is 46.2. The second-order valence-corrected chi connectivity index (χ2v) is 23.1. The summed E-state index contributed by atoms with van der Waals surface area (Å²) in [6, 6.07) is 96.9. The molecule has 380 valence electrons. The van der Waals surface area contributed by atoms with Crippen LogP contribution in [0.5, 0.6) is 0 Å². The number of hydrogen-bond donors (Lipinski definition) is 0. The molecule has 0 heterocycles. The van der Waals surface area contributed by atoms with E-state index in [2.05, 4.69) is 333 Å². The van der Waals surface area contributed by atoms with Crippen LogP contribution in [0.2, 0.25) is 0 Å². The van der Waals surface area contributed by atoms with Crippen LogP contribution in [-0.2, 0) is 21.7 Å². The molecule has 0 bridgehead atoms. The smallest absolute Gasteiger partial charge is 0.0619 e. The van der Waals surface area contributed by atoms with Crippen LogP contribution in [0.3, 0.4) is 0 Å². The summed E-state index contributed by atoms with van der Waals surface area (Å²) in [5.41, 5.74) is 17.4. The Balaban J connectivity index is 1.12. The lowest BCUT2D eigenvalue weighted by molar-refractivity contribution is 0.640. The Morgan fingerprint density at radius 3 is 0.610 bits per heavy atom. The van der Waals surface area contributed by atoms with Crippen LogP contribution < -0.4 is 9.80 Å². The maximum Gasteiger partial charge on any atom is 0.0619 e. The molecule has 0 unspecified atom stereocenters. The fraction of sp³-hybridized carbons (Fsp3) is 0.173. The van der Waals surface area contributed by atoms with Gasteiger partial charge in [-0.1, -0.05) is 273 Å². The highest BCUT2D eigenvalue weighted by Crippen LogP contribution is 2.52. The van der Waals surface area contributed by atoms with Crippen molar-refractivity contribution in [3.05, 3.63) is 311 Å². The molecule has 0 N–H and O–H groups in total. The SMILES string of the molecule is Cc1ccc(C(C)(C)c2ccc(N(c3ccc(C(C)(C)c4ccccc4)cc3)c3c4ccccc4c(N(c4ccc(C(C)(C)c5ccccc5)cc4)c4ccc(C(C)(C)c5ccccc5)cc4)c4ccccc34)cc2)cc1. The zero-order chi connectivity index (χ0) is 53.5. The molecule has 2 nitrogen and oxygen atoms in total. The Labute approximate surface area is 458 Å². The molecule has 0 spiro atoms. The van der Waals surface area contributed by atoms with E-state index >= 15 is 0 Å². The van der Waals surface area contributed by atoms with E-state index in [1.165, 1.54) is 50.1 Å². The quantitative estimate of drug-likeness (QED) is 0.0791. The van der Waals surface area contributed by atoms with E-state index < -0.39 is 0 Å². The maximum absolute atomic E-state index is 2.50. The lowest BCUT2D eigenvalue weighted by atomic mass is 9.78. The Morgan fingerprint density at radius 1 is 0.208 bits per heavy atom. The number of benzene rings is 11. The van der Waals surface area contributed by atoms with Gasteiger partial charge < -0.3 is 9.80 Å². The Kier molecular flexibility index (Phi) is 13.3. The average molecular weight is 999 g/mol. The molecule has 0 aromatic heterocycles. The molecule has 0 fully saturated rings. The highest BCUT2D eigenvalue weighted by molar-refractivity contribution is 6.23. The number of fused-ring (bicyclic) bond motifs is 2.